The fourth-order valence-electron chi connectivity index (χ4n) is 1.71. The Labute approximate surface area is 125 Å². The van der Waals surface area contributed by atoms with Crippen LogP contribution in [0.3, 0.4) is 0 Å². The Hall–Kier alpha value is -1.16. The molecule has 0 saturated carbocycles. The van der Waals surface area contributed by atoms with Crippen LogP contribution in [0.25, 0.3) is 0 Å². The van der Waals surface area contributed by atoms with Gasteiger partial charge < -0.3 is 5.32 Å². The van der Waals surface area contributed by atoms with Gasteiger partial charge in [0.2, 0.25) is 0 Å². The van der Waals surface area contributed by atoms with Gasteiger partial charge in [0.25, 0.3) is 0 Å². The first-order valence-electron chi connectivity index (χ1n) is 5.90. The number of carbonyl (C=O) groups excluding carboxylic acids is 1. The first-order chi connectivity index (χ1) is 9.16. The van der Waals surface area contributed by atoms with Crippen LogP contribution in [0, 0.1) is 0 Å². The molecule has 0 saturated heterocycles. The van der Waals surface area contributed by atoms with Gasteiger partial charge in [-0.25, -0.2) is 0 Å². The summed E-state index contributed by atoms with van der Waals surface area (Å²) >= 11 is 9.36. The van der Waals surface area contributed by atoms with Crippen molar-refractivity contribution >= 4 is 33.3 Å². The van der Waals surface area contributed by atoms with Crippen LogP contribution in [-0.2, 0) is 6.54 Å². The van der Waals surface area contributed by atoms with Crippen LogP contribution >= 0.6 is 27.5 Å². The van der Waals surface area contributed by atoms with Crippen molar-refractivity contribution in [3.63, 3.8) is 0 Å². The molecule has 0 unspecified atom stereocenters. The van der Waals surface area contributed by atoms with Crippen LogP contribution in [0.15, 0.2) is 53.0 Å². The van der Waals surface area contributed by atoms with E-state index in [1.807, 2.05) is 36.4 Å². The van der Waals surface area contributed by atoms with E-state index in [1.54, 1.807) is 12.1 Å². The lowest BCUT2D eigenvalue weighted by Gasteiger charge is -2.06. The Kier molecular flexibility index (Phi) is 5.14. The topological polar surface area (TPSA) is 29.1 Å². The molecule has 0 aromatic heterocycles. The van der Waals surface area contributed by atoms with Gasteiger partial charge in [-0.2, -0.15) is 0 Å². The van der Waals surface area contributed by atoms with Crippen molar-refractivity contribution in [1.82, 2.24) is 5.32 Å². The molecule has 0 amide bonds. The monoisotopic (exact) mass is 337 g/mol. The van der Waals surface area contributed by atoms with Crippen LogP contribution in [-0.4, -0.2) is 12.3 Å². The van der Waals surface area contributed by atoms with Crippen molar-refractivity contribution in [2.45, 2.75) is 6.54 Å². The largest absolute Gasteiger partial charge is 0.306 e. The maximum absolute atomic E-state index is 12.0. The number of benzene rings is 2. The van der Waals surface area contributed by atoms with Crippen molar-refractivity contribution in [2.75, 3.05) is 6.54 Å². The summed E-state index contributed by atoms with van der Waals surface area (Å²) in [5, 5.41) is 3.62. The first-order valence-corrected chi connectivity index (χ1v) is 7.07. The predicted octanol–water partition coefficient (Wildman–Crippen LogP) is 4.08. The van der Waals surface area contributed by atoms with Gasteiger partial charge in [-0.1, -0.05) is 51.8 Å². The van der Waals surface area contributed by atoms with Gasteiger partial charge in [0.15, 0.2) is 5.78 Å². The maximum Gasteiger partial charge on any atom is 0.178 e. The third-order valence-electron chi connectivity index (χ3n) is 2.70. The van der Waals surface area contributed by atoms with E-state index in [0.717, 1.165) is 10.0 Å². The van der Waals surface area contributed by atoms with E-state index in [9.17, 15) is 4.79 Å². The van der Waals surface area contributed by atoms with Gasteiger partial charge >= 0.3 is 0 Å². The van der Waals surface area contributed by atoms with Crippen LogP contribution in [0.2, 0.25) is 5.02 Å². The van der Waals surface area contributed by atoms with Gasteiger partial charge in [-0.3, -0.25) is 4.79 Å². The Morgan fingerprint density at radius 3 is 2.47 bits per heavy atom. The second-order valence-electron chi connectivity index (χ2n) is 4.13. The van der Waals surface area contributed by atoms with Crippen molar-refractivity contribution < 1.29 is 4.79 Å². The van der Waals surface area contributed by atoms with Crippen molar-refractivity contribution in [2.24, 2.45) is 0 Å². The number of hydrogen-bond donors (Lipinski definition) is 1. The highest BCUT2D eigenvalue weighted by Crippen LogP contribution is 2.15. The Morgan fingerprint density at radius 1 is 1.11 bits per heavy atom. The molecule has 0 radical (unpaired) electrons. The van der Waals surface area contributed by atoms with Crippen molar-refractivity contribution in [3.8, 4) is 0 Å². The summed E-state index contributed by atoms with van der Waals surface area (Å²) in [6, 6.07) is 15.1. The Bertz CT molecular complexity index is 569. The molecule has 2 nitrogen and oxygen atoms in total. The normalized spacial score (nSPS) is 10.4. The number of rotatable bonds is 5. The molecule has 1 N–H and O–H groups in total. The molecule has 98 valence electrons. The maximum atomic E-state index is 12.0. The van der Waals surface area contributed by atoms with E-state index >= 15 is 0 Å². The minimum Gasteiger partial charge on any atom is -0.306 e. The molecule has 0 aliphatic heterocycles. The van der Waals surface area contributed by atoms with Gasteiger partial charge in [0.1, 0.15) is 0 Å². The second kappa shape index (κ2) is 6.85. The quantitative estimate of drug-likeness (QED) is 0.833. The van der Waals surface area contributed by atoms with Crippen LogP contribution < -0.4 is 5.32 Å². The molecule has 0 aliphatic carbocycles. The molecule has 0 bridgehead atoms. The molecule has 19 heavy (non-hydrogen) atoms. The molecule has 2 rings (SSSR count). The molecule has 0 heterocycles. The first kappa shape index (κ1) is 14.3. The van der Waals surface area contributed by atoms with E-state index in [0.29, 0.717) is 17.1 Å². The van der Waals surface area contributed by atoms with Crippen molar-refractivity contribution in [3.05, 3.63) is 69.2 Å². The third-order valence-corrected chi connectivity index (χ3v) is 3.56. The highest BCUT2D eigenvalue weighted by atomic mass is 79.9. The molecular weight excluding hydrogens is 326 g/mol. The molecule has 0 spiro atoms. The Balaban J connectivity index is 1.88. The van der Waals surface area contributed by atoms with E-state index < -0.39 is 0 Å². The molecule has 0 aliphatic rings. The number of hydrogen-bond acceptors (Lipinski definition) is 2. The van der Waals surface area contributed by atoms with Gasteiger partial charge in [-0.15, -0.1) is 0 Å². The van der Waals surface area contributed by atoms with E-state index in [-0.39, 0.29) is 12.3 Å². The SMILES string of the molecule is O=C(CNCc1ccc(Br)cc1)c1ccccc1Cl. The molecule has 0 fully saturated rings. The summed E-state index contributed by atoms with van der Waals surface area (Å²) in [5.74, 6) is 0.00251. The van der Waals surface area contributed by atoms with Crippen LogP contribution in [0.4, 0.5) is 0 Å². The van der Waals surface area contributed by atoms with Crippen LogP contribution in [0.1, 0.15) is 15.9 Å². The number of ketones is 1. The predicted molar refractivity (Wildman–Crippen MR) is 81.6 cm³/mol. The number of Topliss-reactive ketones (excluding diaryl/α,β-unsaturated/α-hetero) is 1. The van der Waals surface area contributed by atoms with Gasteiger partial charge in [0, 0.05) is 16.6 Å². The minimum absolute atomic E-state index is 0.00251. The molecule has 2 aromatic rings. The lowest BCUT2D eigenvalue weighted by atomic mass is 10.1. The molecule has 4 heteroatoms. The van der Waals surface area contributed by atoms with Gasteiger partial charge in [-0.05, 0) is 29.8 Å². The number of halogens is 2. The average molecular weight is 339 g/mol. The van der Waals surface area contributed by atoms with E-state index in [2.05, 4.69) is 21.2 Å². The van der Waals surface area contributed by atoms with Crippen LogP contribution in [0.5, 0.6) is 0 Å². The highest BCUT2D eigenvalue weighted by Gasteiger charge is 2.08. The fourth-order valence-corrected chi connectivity index (χ4v) is 2.21. The van der Waals surface area contributed by atoms with Gasteiger partial charge in [0.05, 0.1) is 11.6 Å². The molecule has 2 aromatic carbocycles. The van der Waals surface area contributed by atoms with E-state index in [4.69, 9.17) is 11.6 Å². The highest BCUT2D eigenvalue weighted by molar-refractivity contribution is 9.10. The summed E-state index contributed by atoms with van der Waals surface area (Å²) in [4.78, 5) is 12.0. The zero-order valence-electron chi connectivity index (χ0n) is 10.2. The average Bonchev–Trinajstić information content (AvgIpc) is 2.41. The summed E-state index contributed by atoms with van der Waals surface area (Å²) in [7, 11) is 0. The minimum atomic E-state index is 0.00251. The fraction of sp³-hybridized carbons (Fsp3) is 0.133. The lowest BCUT2D eigenvalue weighted by Crippen LogP contribution is -2.22. The second-order valence-corrected chi connectivity index (χ2v) is 5.46. The van der Waals surface area contributed by atoms with E-state index in [1.165, 1.54) is 0 Å². The zero-order valence-corrected chi connectivity index (χ0v) is 12.5. The summed E-state index contributed by atoms with van der Waals surface area (Å²) < 4.78 is 1.04. The summed E-state index contributed by atoms with van der Waals surface area (Å²) in [6.07, 6.45) is 0. The van der Waals surface area contributed by atoms with Crippen molar-refractivity contribution in [1.29, 1.82) is 0 Å². The standard InChI is InChI=1S/C15H13BrClNO/c16-12-7-5-11(6-8-12)9-18-10-15(19)13-3-1-2-4-14(13)17/h1-8,18H,9-10H2. The Morgan fingerprint density at radius 2 is 1.79 bits per heavy atom. The molecular formula is C15H13BrClNO. The lowest BCUT2D eigenvalue weighted by molar-refractivity contribution is 0.0991. The smallest absolute Gasteiger partial charge is 0.178 e. The summed E-state index contributed by atoms with van der Waals surface area (Å²) in [5.41, 5.74) is 1.70. The number of nitrogens with one attached hydrogen (secondary N) is 1. The third kappa shape index (κ3) is 4.16. The molecule has 0 atom stereocenters. The number of carbonyl (C=O) groups is 1. The zero-order chi connectivity index (χ0) is 13.7. The summed E-state index contributed by atoms with van der Waals surface area (Å²) in [6.45, 7) is 0.934.